The highest BCUT2D eigenvalue weighted by Gasteiger charge is 2.14. The zero-order valence-corrected chi connectivity index (χ0v) is 7.41. The highest BCUT2D eigenvalue weighted by molar-refractivity contribution is 7.80. The van der Waals surface area contributed by atoms with Crippen LogP contribution < -0.4 is 5.73 Å². The number of ether oxygens (including phenoxy) is 1. The molecule has 0 aliphatic rings. The first kappa shape index (κ1) is 11.7. The molecule has 72 valence electrons. The number of aliphatic hydroxyl groups excluding tert-OH is 2. The molecule has 2 atom stereocenters. The number of nitrogens with two attached hydrogens (primary N) is 1. The largest absolute Gasteiger partial charge is 0.462 e. The third-order valence-electron chi connectivity index (χ3n) is 1.13. The molecule has 4 N–H and O–H groups in total. The number of hydrogen-bond donors (Lipinski definition) is 4. The van der Waals surface area contributed by atoms with Gasteiger partial charge in [-0.1, -0.05) is 0 Å². The van der Waals surface area contributed by atoms with Gasteiger partial charge in [0.05, 0.1) is 6.61 Å². The summed E-state index contributed by atoms with van der Waals surface area (Å²) in [5, 5.41) is 17.1. The van der Waals surface area contributed by atoms with Gasteiger partial charge in [-0.3, -0.25) is 4.79 Å². The molecule has 0 aromatic rings. The van der Waals surface area contributed by atoms with E-state index in [0.29, 0.717) is 0 Å². The predicted octanol–water partition coefficient (Wildman–Crippen LogP) is -1.86. The van der Waals surface area contributed by atoms with Crippen LogP contribution in [0.2, 0.25) is 0 Å². The lowest BCUT2D eigenvalue weighted by Crippen LogP contribution is -2.36. The number of hydrogen-bond acceptors (Lipinski definition) is 6. The molecule has 0 unspecified atom stereocenters. The van der Waals surface area contributed by atoms with E-state index in [-0.39, 0.29) is 12.4 Å². The SMILES string of the molecule is N[C@@H](CS)C(=O)OC[C@@H](O)CO. The van der Waals surface area contributed by atoms with Crippen molar-refractivity contribution in [2.24, 2.45) is 5.73 Å². The second-order valence-electron chi connectivity index (χ2n) is 2.26. The van der Waals surface area contributed by atoms with Gasteiger partial charge in [-0.2, -0.15) is 12.6 Å². The molecule has 0 rings (SSSR count). The minimum Gasteiger partial charge on any atom is -0.462 e. The number of carbonyl (C=O) groups is 1. The van der Waals surface area contributed by atoms with Crippen LogP contribution in [0.1, 0.15) is 0 Å². The summed E-state index contributed by atoms with van der Waals surface area (Å²) in [6.07, 6.45) is -1.04. The fraction of sp³-hybridized carbons (Fsp3) is 0.833. The van der Waals surface area contributed by atoms with Gasteiger partial charge in [0.25, 0.3) is 0 Å². The van der Waals surface area contributed by atoms with Crippen molar-refractivity contribution in [3.05, 3.63) is 0 Å². The van der Waals surface area contributed by atoms with Crippen molar-refractivity contribution < 1.29 is 19.7 Å². The fourth-order valence-corrected chi connectivity index (χ4v) is 0.562. The molecule has 0 heterocycles. The third kappa shape index (κ3) is 4.55. The Morgan fingerprint density at radius 3 is 2.67 bits per heavy atom. The quantitative estimate of drug-likeness (QED) is 0.305. The Hall–Kier alpha value is -0.300. The molecule has 0 bridgehead atoms. The van der Waals surface area contributed by atoms with Gasteiger partial charge in [-0.25, -0.2) is 0 Å². The summed E-state index contributed by atoms with van der Waals surface area (Å²) in [6.45, 7) is -0.680. The second-order valence-corrected chi connectivity index (χ2v) is 2.62. The first-order valence-electron chi connectivity index (χ1n) is 3.43. The van der Waals surface area contributed by atoms with Crippen LogP contribution >= 0.6 is 12.6 Å². The van der Waals surface area contributed by atoms with E-state index in [0.717, 1.165) is 0 Å². The zero-order valence-electron chi connectivity index (χ0n) is 6.51. The van der Waals surface area contributed by atoms with E-state index in [4.69, 9.17) is 15.9 Å². The van der Waals surface area contributed by atoms with Crippen molar-refractivity contribution in [3.8, 4) is 0 Å². The molecular formula is C6H13NO4S. The van der Waals surface area contributed by atoms with Gasteiger partial charge in [0, 0.05) is 5.75 Å². The van der Waals surface area contributed by atoms with Crippen LogP contribution in [-0.2, 0) is 9.53 Å². The van der Waals surface area contributed by atoms with Gasteiger partial charge < -0.3 is 20.7 Å². The third-order valence-corrected chi connectivity index (χ3v) is 1.52. The van der Waals surface area contributed by atoms with E-state index in [1.807, 2.05) is 0 Å². The summed E-state index contributed by atoms with van der Waals surface area (Å²) in [6, 6.07) is -0.778. The second kappa shape index (κ2) is 6.24. The van der Waals surface area contributed by atoms with Gasteiger partial charge in [-0.15, -0.1) is 0 Å². The van der Waals surface area contributed by atoms with Crippen LogP contribution in [-0.4, -0.2) is 47.3 Å². The lowest BCUT2D eigenvalue weighted by Gasteiger charge is -2.11. The molecule has 0 fully saturated rings. The maximum Gasteiger partial charge on any atom is 0.323 e. The Labute approximate surface area is 75.9 Å². The summed E-state index contributed by atoms with van der Waals surface area (Å²) in [5.41, 5.74) is 5.25. The highest BCUT2D eigenvalue weighted by Crippen LogP contribution is 1.90. The zero-order chi connectivity index (χ0) is 9.56. The van der Waals surface area contributed by atoms with Crippen LogP contribution in [0.5, 0.6) is 0 Å². The van der Waals surface area contributed by atoms with Crippen molar-refractivity contribution in [2.45, 2.75) is 12.1 Å². The summed E-state index contributed by atoms with van der Waals surface area (Å²) in [7, 11) is 0. The summed E-state index contributed by atoms with van der Waals surface area (Å²) < 4.78 is 4.52. The number of rotatable bonds is 5. The number of carbonyl (C=O) groups excluding carboxylic acids is 1. The van der Waals surface area contributed by atoms with Gasteiger partial charge >= 0.3 is 5.97 Å². The number of thiol groups is 1. The van der Waals surface area contributed by atoms with Crippen molar-refractivity contribution in [1.29, 1.82) is 0 Å². The van der Waals surface area contributed by atoms with Crippen LogP contribution in [0, 0.1) is 0 Å². The fourth-order valence-electron chi connectivity index (χ4n) is 0.413. The monoisotopic (exact) mass is 195 g/mol. The average Bonchev–Trinajstić information content (AvgIpc) is 2.11. The maximum absolute atomic E-state index is 10.8. The molecule has 5 nitrogen and oxygen atoms in total. The molecule has 0 aromatic heterocycles. The van der Waals surface area contributed by atoms with E-state index >= 15 is 0 Å². The Morgan fingerprint density at radius 1 is 1.67 bits per heavy atom. The summed E-state index contributed by atoms with van der Waals surface area (Å²) >= 11 is 3.78. The van der Waals surface area contributed by atoms with Crippen LogP contribution in [0.25, 0.3) is 0 Å². The van der Waals surface area contributed by atoms with E-state index < -0.39 is 24.7 Å². The topological polar surface area (TPSA) is 92.8 Å². The molecule has 0 spiro atoms. The highest BCUT2D eigenvalue weighted by atomic mass is 32.1. The molecule has 0 saturated carbocycles. The number of aliphatic hydroxyl groups is 2. The first-order valence-corrected chi connectivity index (χ1v) is 4.07. The van der Waals surface area contributed by atoms with Gasteiger partial charge in [0.1, 0.15) is 18.8 Å². The van der Waals surface area contributed by atoms with Crippen LogP contribution in [0.4, 0.5) is 0 Å². The van der Waals surface area contributed by atoms with E-state index in [1.54, 1.807) is 0 Å². The minimum absolute atomic E-state index is 0.189. The summed E-state index contributed by atoms with van der Waals surface area (Å²) in [5.74, 6) is -0.439. The molecule has 0 aliphatic carbocycles. The first-order chi connectivity index (χ1) is 5.61. The van der Waals surface area contributed by atoms with Crippen molar-refractivity contribution in [1.82, 2.24) is 0 Å². The smallest absolute Gasteiger partial charge is 0.323 e. The Bertz CT molecular complexity index is 144. The van der Waals surface area contributed by atoms with Gasteiger partial charge in [0.15, 0.2) is 0 Å². The lowest BCUT2D eigenvalue weighted by molar-refractivity contribution is -0.148. The average molecular weight is 195 g/mol. The summed E-state index contributed by atoms with van der Waals surface area (Å²) in [4.78, 5) is 10.8. The Balaban J connectivity index is 3.56. The van der Waals surface area contributed by atoms with E-state index in [9.17, 15) is 4.79 Å². The normalized spacial score (nSPS) is 15.3. The predicted molar refractivity (Wildman–Crippen MR) is 45.9 cm³/mol. The van der Waals surface area contributed by atoms with Gasteiger partial charge in [0.2, 0.25) is 0 Å². The molecule has 6 heteroatoms. The minimum atomic E-state index is -1.04. The molecule has 0 aliphatic heterocycles. The maximum atomic E-state index is 10.8. The lowest BCUT2D eigenvalue weighted by atomic mass is 10.3. The van der Waals surface area contributed by atoms with Crippen molar-refractivity contribution >= 4 is 18.6 Å². The molecule has 0 amide bonds. The molecule has 0 saturated heterocycles. The molecule has 12 heavy (non-hydrogen) atoms. The Kier molecular flexibility index (Phi) is 6.09. The molecular weight excluding hydrogens is 182 g/mol. The van der Waals surface area contributed by atoms with Crippen molar-refractivity contribution in [2.75, 3.05) is 19.0 Å². The van der Waals surface area contributed by atoms with Crippen LogP contribution in [0.3, 0.4) is 0 Å². The van der Waals surface area contributed by atoms with E-state index in [1.165, 1.54) is 0 Å². The molecule has 0 radical (unpaired) electrons. The van der Waals surface area contributed by atoms with E-state index in [2.05, 4.69) is 17.4 Å². The van der Waals surface area contributed by atoms with Gasteiger partial charge in [-0.05, 0) is 0 Å². The molecule has 0 aromatic carbocycles. The Morgan fingerprint density at radius 2 is 2.25 bits per heavy atom. The van der Waals surface area contributed by atoms with Crippen LogP contribution in [0.15, 0.2) is 0 Å². The number of esters is 1. The standard InChI is InChI=1S/C6H13NO4S/c7-5(3-12)6(10)11-2-4(9)1-8/h4-5,8-9,12H,1-3,7H2/t4-,5-/m0/s1. The van der Waals surface area contributed by atoms with Crippen molar-refractivity contribution in [3.63, 3.8) is 0 Å².